The van der Waals surface area contributed by atoms with Crippen LogP contribution in [0.3, 0.4) is 0 Å². The summed E-state index contributed by atoms with van der Waals surface area (Å²) in [7, 11) is 0. The maximum Gasteiger partial charge on any atom is 0.239 e. The normalized spacial score (nSPS) is 16.6. The zero-order chi connectivity index (χ0) is 14.4. The van der Waals surface area contributed by atoms with E-state index in [-0.39, 0.29) is 30.3 Å². The molecule has 0 spiro atoms. The molecule has 5 heteroatoms. The highest BCUT2D eigenvalue weighted by atomic mass is 16.2. The van der Waals surface area contributed by atoms with E-state index in [1.807, 2.05) is 19.1 Å². The van der Waals surface area contributed by atoms with Crippen molar-refractivity contribution in [1.29, 1.82) is 0 Å². The SMILES string of the molecule is CC(NC(=O)CNC(=O)C1CCCC1)c1ccncc1. The fraction of sp³-hybridized carbons (Fsp3) is 0.533. The molecular formula is C15H21N3O2. The molecule has 1 atom stereocenters. The van der Waals surface area contributed by atoms with Crippen LogP contribution in [0.1, 0.15) is 44.2 Å². The van der Waals surface area contributed by atoms with Crippen LogP contribution in [0.2, 0.25) is 0 Å². The van der Waals surface area contributed by atoms with E-state index in [0.29, 0.717) is 0 Å². The lowest BCUT2D eigenvalue weighted by Gasteiger charge is -2.15. The Bertz CT molecular complexity index is 455. The smallest absolute Gasteiger partial charge is 0.239 e. The molecule has 0 aromatic carbocycles. The summed E-state index contributed by atoms with van der Waals surface area (Å²) in [5.74, 6) is -0.0599. The first kappa shape index (κ1) is 14.5. The Labute approximate surface area is 119 Å². The second-order valence-corrected chi connectivity index (χ2v) is 5.27. The lowest BCUT2D eigenvalue weighted by Crippen LogP contribution is -2.39. The van der Waals surface area contributed by atoms with E-state index in [2.05, 4.69) is 15.6 Å². The number of pyridine rings is 1. The van der Waals surface area contributed by atoms with Crippen molar-refractivity contribution in [2.75, 3.05) is 6.54 Å². The van der Waals surface area contributed by atoms with Crippen LogP contribution in [0, 0.1) is 5.92 Å². The Morgan fingerprint density at radius 2 is 1.95 bits per heavy atom. The van der Waals surface area contributed by atoms with Crippen LogP contribution in [0.15, 0.2) is 24.5 Å². The molecule has 1 aliphatic carbocycles. The maximum atomic E-state index is 11.8. The molecule has 2 N–H and O–H groups in total. The number of rotatable bonds is 5. The molecule has 0 saturated heterocycles. The highest BCUT2D eigenvalue weighted by Gasteiger charge is 2.22. The molecule has 0 bridgehead atoms. The summed E-state index contributed by atoms with van der Waals surface area (Å²) in [6.07, 6.45) is 7.51. The van der Waals surface area contributed by atoms with Crippen LogP contribution in [0.25, 0.3) is 0 Å². The number of aromatic nitrogens is 1. The first-order valence-corrected chi connectivity index (χ1v) is 7.14. The third kappa shape index (κ3) is 4.05. The predicted molar refractivity (Wildman–Crippen MR) is 75.8 cm³/mol. The highest BCUT2D eigenvalue weighted by Crippen LogP contribution is 2.24. The van der Waals surface area contributed by atoms with Gasteiger partial charge in [0, 0.05) is 18.3 Å². The molecule has 1 fully saturated rings. The van der Waals surface area contributed by atoms with Crippen molar-refractivity contribution in [1.82, 2.24) is 15.6 Å². The Hall–Kier alpha value is -1.91. The summed E-state index contributed by atoms with van der Waals surface area (Å²) < 4.78 is 0. The summed E-state index contributed by atoms with van der Waals surface area (Å²) in [6, 6.07) is 3.64. The maximum absolute atomic E-state index is 11.8. The van der Waals surface area contributed by atoms with Crippen LogP contribution < -0.4 is 10.6 Å². The molecule has 1 aromatic heterocycles. The van der Waals surface area contributed by atoms with E-state index in [1.165, 1.54) is 0 Å². The van der Waals surface area contributed by atoms with Gasteiger partial charge >= 0.3 is 0 Å². The first-order valence-electron chi connectivity index (χ1n) is 7.14. The van der Waals surface area contributed by atoms with Crippen molar-refractivity contribution in [3.8, 4) is 0 Å². The van der Waals surface area contributed by atoms with E-state index in [0.717, 1.165) is 31.2 Å². The van der Waals surface area contributed by atoms with Gasteiger partial charge in [-0.05, 0) is 37.5 Å². The predicted octanol–water partition coefficient (Wildman–Crippen LogP) is 1.57. The van der Waals surface area contributed by atoms with Gasteiger partial charge in [-0.15, -0.1) is 0 Å². The van der Waals surface area contributed by atoms with E-state index >= 15 is 0 Å². The summed E-state index contributed by atoms with van der Waals surface area (Å²) in [5.41, 5.74) is 0.996. The monoisotopic (exact) mass is 275 g/mol. The van der Waals surface area contributed by atoms with Gasteiger partial charge in [-0.2, -0.15) is 0 Å². The fourth-order valence-electron chi connectivity index (χ4n) is 2.53. The number of hydrogen-bond donors (Lipinski definition) is 2. The van der Waals surface area contributed by atoms with Crippen molar-refractivity contribution in [2.24, 2.45) is 5.92 Å². The molecule has 5 nitrogen and oxygen atoms in total. The van der Waals surface area contributed by atoms with Crippen molar-refractivity contribution in [3.63, 3.8) is 0 Å². The molecule has 0 aliphatic heterocycles. The van der Waals surface area contributed by atoms with Crippen molar-refractivity contribution < 1.29 is 9.59 Å². The third-order valence-corrected chi connectivity index (χ3v) is 3.73. The summed E-state index contributed by atoms with van der Waals surface area (Å²) in [6.45, 7) is 1.96. The molecule has 20 heavy (non-hydrogen) atoms. The second-order valence-electron chi connectivity index (χ2n) is 5.27. The summed E-state index contributed by atoms with van der Waals surface area (Å²) in [5, 5.41) is 5.58. The average molecular weight is 275 g/mol. The van der Waals surface area contributed by atoms with E-state index < -0.39 is 0 Å². The van der Waals surface area contributed by atoms with Crippen LogP contribution in [-0.2, 0) is 9.59 Å². The number of nitrogens with one attached hydrogen (secondary N) is 2. The second kappa shape index (κ2) is 7.03. The van der Waals surface area contributed by atoms with Gasteiger partial charge in [0.1, 0.15) is 0 Å². The van der Waals surface area contributed by atoms with Crippen molar-refractivity contribution in [3.05, 3.63) is 30.1 Å². The molecule has 108 valence electrons. The van der Waals surface area contributed by atoms with Gasteiger partial charge in [-0.3, -0.25) is 14.6 Å². The minimum absolute atomic E-state index is 0.00853. The molecule has 0 radical (unpaired) electrons. The van der Waals surface area contributed by atoms with Crippen molar-refractivity contribution >= 4 is 11.8 Å². The molecule has 2 amide bonds. The van der Waals surface area contributed by atoms with Gasteiger partial charge in [0.05, 0.1) is 12.6 Å². The minimum atomic E-state index is -0.166. The van der Waals surface area contributed by atoms with Crippen LogP contribution >= 0.6 is 0 Å². The van der Waals surface area contributed by atoms with Crippen LogP contribution in [0.4, 0.5) is 0 Å². The van der Waals surface area contributed by atoms with Gasteiger partial charge in [0.25, 0.3) is 0 Å². The third-order valence-electron chi connectivity index (χ3n) is 3.73. The standard InChI is InChI=1S/C15H21N3O2/c1-11(12-6-8-16-9-7-12)18-14(19)10-17-15(20)13-4-2-3-5-13/h6-9,11,13H,2-5,10H2,1H3,(H,17,20)(H,18,19). The lowest BCUT2D eigenvalue weighted by molar-refractivity contribution is -0.128. The van der Waals surface area contributed by atoms with Gasteiger partial charge in [-0.1, -0.05) is 12.8 Å². The molecule has 1 heterocycles. The zero-order valence-electron chi connectivity index (χ0n) is 11.8. The van der Waals surface area contributed by atoms with Gasteiger partial charge < -0.3 is 10.6 Å². The van der Waals surface area contributed by atoms with Gasteiger partial charge in [0.2, 0.25) is 11.8 Å². The largest absolute Gasteiger partial charge is 0.348 e. The van der Waals surface area contributed by atoms with E-state index in [1.54, 1.807) is 12.4 Å². The molecule has 1 unspecified atom stereocenters. The van der Waals surface area contributed by atoms with Crippen molar-refractivity contribution in [2.45, 2.75) is 38.6 Å². The number of hydrogen-bond acceptors (Lipinski definition) is 3. The Balaban J connectivity index is 1.73. The zero-order valence-corrected chi connectivity index (χ0v) is 11.8. The minimum Gasteiger partial charge on any atom is -0.348 e. The Kier molecular flexibility index (Phi) is 5.09. The average Bonchev–Trinajstić information content (AvgIpc) is 3.00. The van der Waals surface area contributed by atoms with Gasteiger partial charge in [0.15, 0.2) is 0 Å². The molecule has 2 rings (SSSR count). The number of carbonyl (C=O) groups is 2. The quantitative estimate of drug-likeness (QED) is 0.856. The number of nitrogens with zero attached hydrogens (tertiary/aromatic N) is 1. The summed E-state index contributed by atoms with van der Waals surface area (Å²) >= 11 is 0. The van der Waals surface area contributed by atoms with Gasteiger partial charge in [-0.25, -0.2) is 0 Å². The first-order chi connectivity index (χ1) is 9.66. The molecule has 1 aromatic rings. The van der Waals surface area contributed by atoms with E-state index in [9.17, 15) is 9.59 Å². The number of amides is 2. The van der Waals surface area contributed by atoms with E-state index in [4.69, 9.17) is 0 Å². The topological polar surface area (TPSA) is 71.1 Å². The lowest BCUT2D eigenvalue weighted by atomic mass is 10.1. The number of carbonyl (C=O) groups excluding carboxylic acids is 2. The fourth-order valence-corrected chi connectivity index (χ4v) is 2.53. The molecule has 1 aliphatic rings. The summed E-state index contributed by atoms with van der Waals surface area (Å²) in [4.78, 5) is 27.6. The highest BCUT2D eigenvalue weighted by molar-refractivity contribution is 5.86. The molecule has 1 saturated carbocycles. The van der Waals surface area contributed by atoms with Crippen LogP contribution in [-0.4, -0.2) is 23.3 Å². The Morgan fingerprint density at radius 3 is 2.60 bits per heavy atom. The van der Waals surface area contributed by atoms with Crippen LogP contribution in [0.5, 0.6) is 0 Å². The Morgan fingerprint density at radius 1 is 1.30 bits per heavy atom. The molecular weight excluding hydrogens is 254 g/mol.